The SMILES string of the molecule is Cc1ccccc1C(=O)NCC1CCC1. The molecule has 1 aliphatic carbocycles. The van der Waals surface area contributed by atoms with Crippen LogP contribution >= 0.6 is 0 Å². The minimum atomic E-state index is 0.0694. The molecule has 0 spiro atoms. The Morgan fingerprint density at radius 3 is 2.73 bits per heavy atom. The number of aryl methyl sites for hydroxylation is 1. The first-order valence-electron chi connectivity index (χ1n) is 5.61. The van der Waals surface area contributed by atoms with E-state index in [4.69, 9.17) is 0 Å². The molecule has 0 bridgehead atoms. The molecule has 80 valence electrons. The van der Waals surface area contributed by atoms with Crippen LogP contribution in [0.25, 0.3) is 0 Å². The second-order valence-electron chi connectivity index (χ2n) is 4.32. The first-order chi connectivity index (χ1) is 7.27. The van der Waals surface area contributed by atoms with Crippen LogP contribution in [-0.2, 0) is 0 Å². The summed E-state index contributed by atoms with van der Waals surface area (Å²) in [6.45, 7) is 2.81. The Balaban J connectivity index is 1.92. The van der Waals surface area contributed by atoms with Crippen LogP contribution in [0, 0.1) is 12.8 Å². The topological polar surface area (TPSA) is 29.1 Å². The molecule has 0 aliphatic heterocycles. The van der Waals surface area contributed by atoms with Crippen LogP contribution in [-0.4, -0.2) is 12.5 Å². The predicted octanol–water partition coefficient (Wildman–Crippen LogP) is 2.52. The summed E-state index contributed by atoms with van der Waals surface area (Å²) in [5.41, 5.74) is 1.85. The maximum absolute atomic E-state index is 11.8. The summed E-state index contributed by atoms with van der Waals surface area (Å²) in [5, 5.41) is 3.00. The lowest BCUT2D eigenvalue weighted by atomic mass is 9.85. The first-order valence-corrected chi connectivity index (χ1v) is 5.61. The number of amides is 1. The van der Waals surface area contributed by atoms with Crippen molar-refractivity contribution >= 4 is 5.91 Å². The van der Waals surface area contributed by atoms with Crippen LogP contribution in [0.15, 0.2) is 24.3 Å². The standard InChI is InChI=1S/C13H17NO/c1-10-5-2-3-8-12(10)13(15)14-9-11-6-4-7-11/h2-3,5,8,11H,4,6-7,9H2,1H3,(H,14,15). The van der Waals surface area contributed by atoms with Crippen molar-refractivity contribution in [3.8, 4) is 0 Å². The van der Waals surface area contributed by atoms with Gasteiger partial charge in [-0.2, -0.15) is 0 Å². The van der Waals surface area contributed by atoms with Crippen molar-refractivity contribution in [3.05, 3.63) is 35.4 Å². The highest BCUT2D eigenvalue weighted by molar-refractivity contribution is 5.95. The van der Waals surface area contributed by atoms with E-state index < -0.39 is 0 Å². The minimum Gasteiger partial charge on any atom is -0.352 e. The van der Waals surface area contributed by atoms with Gasteiger partial charge in [-0.05, 0) is 37.3 Å². The molecule has 15 heavy (non-hydrogen) atoms. The number of carbonyl (C=O) groups is 1. The zero-order chi connectivity index (χ0) is 10.7. The van der Waals surface area contributed by atoms with E-state index in [1.807, 2.05) is 31.2 Å². The number of benzene rings is 1. The van der Waals surface area contributed by atoms with Crippen molar-refractivity contribution in [1.29, 1.82) is 0 Å². The van der Waals surface area contributed by atoms with Crippen LogP contribution in [0.3, 0.4) is 0 Å². The normalized spacial score (nSPS) is 15.8. The number of hydrogen-bond donors (Lipinski definition) is 1. The number of carbonyl (C=O) groups excluding carboxylic acids is 1. The van der Waals surface area contributed by atoms with Crippen molar-refractivity contribution < 1.29 is 4.79 Å². The van der Waals surface area contributed by atoms with E-state index in [2.05, 4.69) is 5.32 Å². The molecule has 0 saturated heterocycles. The Morgan fingerprint density at radius 2 is 2.13 bits per heavy atom. The lowest BCUT2D eigenvalue weighted by Crippen LogP contribution is -2.32. The third-order valence-corrected chi connectivity index (χ3v) is 3.17. The predicted molar refractivity (Wildman–Crippen MR) is 60.9 cm³/mol. The van der Waals surface area contributed by atoms with Gasteiger partial charge in [0.1, 0.15) is 0 Å². The summed E-state index contributed by atoms with van der Waals surface area (Å²) in [6, 6.07) is 7.72. The maximum atomic E-state index is 11.8. The summed E-state index contributed by atoms with van der Waals surface area (Å²) in [6.07, 6.45) is 3.87. The van der Waals surface area contributed by atoms with E-state index >= 15 is 0 Å². The third kappa shape index (κ3) is 2.38. The molecule has 0 atom stereocenters. The van der Waals surface area contributed by atoms with Gasteiger partial charge < -0.3 is 5.32 Å². The van der Waals surface area contributed by atoms with E-state index in [1.54, 1.807) is 0 Å². The van der Waals surface area contributed by atoms with Gasteiger partial charge in [0.15, 0.2) is 0 Å². The van der Waals surface area contributed by atoms with Crippen LogP contribution in [0.4, 0.5) is 0 Å². The molecule has 2 nitrogen and oxygen atoms in total. The van der Waals surface area contributed by atoms with Crippen molar-refractivity contribution in [2.45, 2.75) is 26.2 Å². The Hall–Kier alpha value is -1.31. The first kappa shape index (κ1) is 10.2. The van der Waals surface area contributed by atoms with Gasteiger partial charge in [-0.15, -0.1) is 0 Å². The van der Waals surface area contributed by atoms with Gasteiger partial charge in [-0.25, -0.2) is 0 Å². The van der Waals surface area contributed by atoms with E-state index in [-0.39, 0.29) is 5.91 Å². The van der Waals surface area contributed by atoms with Gasteiger partial charge in [-0.3, -0.25) is 4.79 Å². The molecule has 2 heteroatoms. The summed E-state index contributed by atoms with van der Waals surface area (Å²) in [7, 11) is 0. The molecule has 1 aliphatic rings. The molecular formula is C13H17NO. The van der Waals surface area contributed by atoms with Gasteiger partial charge in [0, 0.05) is 12.1 Å². The summed E-state index contributed by atoms with van der Waals surface area (Å²) >= 11 is 0. The smallest absolute Gasteiger partial charge is 0.251 e. The monoisotopic (exact) mass is 203 g/mol. The Morgan fingerprint density at radius 1 is 1.40 bits per heavy atom. The largest absolute Gasteiger partial charge is 0.352 e. The second-order valence-corrected chi connectivity index (χ2v) is 4.32. The Bertz CT molecular complexity index is 355. The average Bonchev–Trinajstić information content (AvgIpc) is 2.16. The molecule has 0 aromatic heterocycles. The lowest BCUT2D eigenvalue weighted by Gasteiger charge is -2.25. The van der Waals surface area contributed by atoms with Crippen molar-refractivity contribution in [2.24, 2.45) is 5.92 Å². The maximum Gasteiger partial charge on any atom is 0.251 e. The highest BCUT2D eigenvalue weighted by atomic mass is 16.1. The average molecular weight is 203 g/mol. The molecule has 1 aromatic carbocycles. The summed E-state index contributed by atoms with van der Waals surface area (Å²) in [4.78, 5) is 11.8. The highest BCUT2D eigenvalue weighted by Crippen LogP contribution is 2.25. The van der Waals surface area contributed by atoms with Crippen molar-refractivity contribution in [3.63, 3.8) is 0 Å². The number of hydrogen-bond acceptors (Lipinski definition) is 1. The number of rotatable bonds is 3. The zero-order valence-corrected chi connectivity index (χ0v) is 9.12. The van der Waals surface area contributed by atoms with Crippen LogP contribution in [0.2, 0.25) is 0 Å². The third-order valence-electron chi connectivity index (χ3n) is 3.17. The Kier molecular flexibility index (Phi) is 3.05. The fourth-order valence-electron chi connectivity index (χ4n) is 1.86. The molecule has 2 rings (SSSR count). The molecule has 0 heterocycles. The zero-order valence-electron chi connectivity index (χ0n) is 9.12. The van der Waals surface area contributed by atoms with Crippen LogP contribution < -0.4 is 5.32 Å². The van der Waals surface area contributed by atoms with Gasteiger partial charge in [0.2, 0.25) is 0 Å². The van der Waals surface area contributed by atoms with Gasteiger partial charge >= 0.3 is 0 Å². The number of nitrogens with one attached hydrogen (secondary N) is 1. The van der Waals surface area contributed by atoms with E-state index in [1.165, 1.54) is 19.3 Å². The molecule has 1 aromatic rings. The van der Waals surface area contributed by atoms with E-state index in [9.17, 15) is 4.79 Å². The lowest BCUT2D eigenvalue weighted by molar-refractivity contribution is 0.0938. The van der Waals surface area contributed by atoms with E-state index in [0.29, 0.717) is 0 Å². The molecule has 1 N–H and O–H groups in total. The molecule has 1 fully saturated rings. The molecular weight excluding hydrogens is 186 g/mol. The van der Waals surface area contributed by atoms with E-state index in [0.717, 1.165) is 23.6 Å². The molecule has 1 amide bonds. The quantitative estimate of drug-likeness (QED) is 0.803. The second kappa shape index (κ2) is 4.47. The van der Waals surface area contributed by atoms with Gasteiger partial charge in [0.05, 0.1) is 0 Å². The van der Waals surface area contributed by atoms with Crippen LogP contribution in [0.1, 0.15) is 35.2 Å². The minimum absolute atomic E-state index is 0.0694. The van der Waals surface area contributed by atoms with Crippen molar-refractivity contribution in [1.82, 2.24) is 5.32 Å². The molecule has 0 unspecified atom stereocenters. The van der Waals surface area contributed by atoms with Crippen LogP contribution in [0.5, 0.6) is 0 Å². The summed E-state index contributed by atoms with van der Waals surface area (Å²) in [5.74, 6) is 0.790. The molecule has 0 radical (unpaired) electrons. The highest BCUT2D eigenvalue weighted by Gasteiger charge is 2.18. The fraction of sp³-hybridized carbons (Fsp3) is 0.462. The fourth-order valence-corrected chi connectivity index (χ4v) is 1.86. The Labute approximate surface area is 90.7 Å². The summed E-state index contributed by atoms with van der Waals surface area (Å²) < 4.78 is 0. The molecule has 1 saturated carbocycles. The van der Waals surface area contributed by atoms with Gasteiger partial charge in [-0.1, -0.05) is 24.6 Å². The van der Waals surface area contributed by atoms with Gasteiger partial charge in [0.25, 0.3) is 5.91 Å². The van der Waals surface area contributed by atoms with Crippen molar-refractivity contribution in [2.75, 3.05) is 6.54 Å².